The predicted octanol–water partition coefficient (Wildman–Crippen LogP) is 7.00. The van der Waals surface area contributed by atoms with Crippen molar-refractivity contribution in [3.05, 3.63) is 117 Å². The number of aliphatic hydroxyl groups excluding tert-OH is 1. The molecule has 5 N–H and O–H groups in total. The van der Waals surface area contributed by atoms with Crippen LogP contribution in [0.5, 0.6) is 23.0 Å². The van der Waals surface area contributed by atoms with Crippen LogP contribution in [0.1, 0.15) is 34.1 Å². The van der Waals surface area contributed by atoms with Crippen LogP contribution in [-0.2, 0) is 25.5 Å². The summed E-state index contributed by atoms with van der Waals surface area (Å²) in [4.78, 5) is 49.2. The van der Waals surface area contributed by atoms with Crippen LogP contribution in [0.3, 0.4) is 0 Å². The summed E-state index contributed by atoms with van der Waals surface area (Å²) in [5, 5.41) is 41.1. The Kier molecular flexibility index (Phi) is 9.16. The largest absolute Gasteiger partial charge is 0.512 e. The molecule has 0 aromatic heterocycles. The fourth-order valence-corrected chi connectivity index (χ4v) is 14.2. The van der Waals surface area contributed by atoms with Crippen LogP contribution in [0.4, 0.5) is 11.4 Å². The summed E-state index contributed by atoms with van der Waals surface area (Å²) in [5.41, 5.74) is 0.681. The molecule has 2 amide bonds. The molecule has 2 spiro atoms. The number of hydrogen-bond acceptors (Lipinski definition) is 12. The molecule has 0 radical (unpaired) electrons. The van der Waals surface area contributed by atoms with Crippen molar-refractivity contribution >= 4 is 75.7 Å². The number of ketones is 1. The Balaban J connectivity index is 1.17. The molecule has 4 saturated heterocycles. The number of carbonyl (C=O) groups excluding carboxylic acids is 3. The van der Waals surface area contributed by atoms with Gasteiger partial charge in [0, 0.05) is 86.3 Å². The van der Waals surface area contributed by atoms with Gasteiger partial charge in [-0.3, -0.25) is 24.2 Å². The Morgan fingerprint density at radius 3 is 2.17 bits per heavy atom. The van der Waals surface area contributed by atoms with Gasteiger partial charge in [0.15, 0.2) is 28.8 Å². The van der Waals surface area contributed by atoms with Gasteiger partial charge in [0.05, 0.1) is 25.5 Å². The molecule has 304 valence electrons. The number of halogens is 2. The smallest absolute Gasteiger partial charge is 0.250 e. The number of amides is 2. The normalized spacial score (nSPS) is 30.7. The van der Waals surface area contributed by atoms with E-state index in [2.05, 4.69) is 20.4 Å². The predicted molar refractivity (Wildman–Crippen MR) is 227 cm³/mol. The highest BCUT2D eigenvalue weighted by Gasteiger charge is 2.71. The van der Waals surface area contributed by atoms with E-state index in [-0.39, 0.29) is 45.9 Å². The lowest BCUT2D eigenvalue weighted by Gasteiger charge is -2.37. The number of anilines is 2. The van der Waals surface area contributed by atoms with Crippen LogP contribution in [0.2, 0.25) is 10.0 Å². The number of nitrogens with zero attached hydrogens (tertiary/aromatic N) is 2. The van der Waals surface area contributed by atoms with E-state index in [9.17, 15) is 24.9 Å². The second-order valence-electron chi connectivity index (χ2n) is 15.7. The minimum absolute atomic E-state index is 0.0963. The summed E-state index contributed by atoms with van der Waals surface area (Å²) in [6.45, 7) is 0.494. The maximum Gasteiger partial charge on any atom is 0.250 e. The highest BCUT2D eigenvalue weighted by Crippen LogP contribution is 2.65. The van der Waals surface area contributed by atoms with Crippen molar-refractivity contribution in [2.75, 3.05) is 48.8 Å². The lowest BCUT2D eigenvalue weighted by atomic mass is 9.69. The van der Waals surface area contributed by atoms with Gasteiger partial charge in [-0.1, -0.05) is 35.3 Å². The molecule has 8 unspecified atom stereocenters. The second-order valence-corrected chi connectivity index (χ2v) is 18.8. The van der Waals surface area contributed by atoms with Crippen molar-refractivity contribution in [3.8, 4) is 23.0 Å². The van der Waals surface area contributed by atoms with E-state index in [1.54, 1.807) is 90.3 Å². The van der Waals surface area contributed by atoms with Crippen molar-refractivity contribution in [2.45, 2.75) is 34.3 Å². The van der Waals surface area contributed by atoms with Crippen LogP contribution in [0.25, 0.3) is 0 Å². The maximum atomic E-state index is 15.6. The summed E-state index contributed by atoms with van der Waals surface area (Å²) in [7, 11) is 2.89. The first-order chi connectivity index (χ1) is 28.4. The molecule has 8 atom stereocenters. The van der Waals surface area contributed by atoms with E-state index in [0.29, 0.717) is 67.6 Å². The van der Waals surface area contributed by atoms with E-state index in [1.165, 1.54) is 26.4 Å². The molecule has 0 bridgehead atoms. The maximum absolute atomic E-state index is 15.6. The fourth-order valence-electron chi connectivity index (χ4n) is 11.0. The Labute approximate surface area is 357 Å². The van der Waals surface area contributed by atoms with Crippen molar-refractivity contribution in [1.82, 2.24) is 9.80 Å². The number of ether oxygens (including phenoxy) is 2. The van der Waals surface area contributed by atoms with Crippen LogP contribution < -0.4 is 20.1 Å². The topological polar surface area (TPSA) is 161 Å². The van der Waals surface area contributed by atoms with Crippen molar-refractivity contribution in [2.24, 2.45) is 11.8 Å². The van der Waals surface area contributed by atoms with E-state index in [1.807, 2.05) is 0 Å². The number of phenols is 2. The molecule has 6 heterocycles. The molecule has 6 aliphatic heterocycles. The summed E-state index contributed by atoms with van der Waals surface area (Å²) >= 11 is 16.5. The van der Waals surface area contributed by atoms with Gasteiger partial charge < -0.3 is 35.4 Å². The van der Waals surface area contributed by atoms with Gasteiger partial charge in [-0.2, -0.15) is 0 Å². The number of fused-ring (bicyclic) bond motifs is 8. The summed E-state index contributed by atoms with van der Waals surface area (Å²) in [6.07, 6.45) is 1.26. The van der Waals surface area contributed by atoms with E-state index in [4.69, 9.17) is 32.7 Å². The zero-order valence-electron chi connectivity index (χ0n) is 31.6. The molecule has 4 aromatic rings. The van der Waals surface area contributed by atoms with Crippen molar-refractivity contribution in [3.63, 3.8) is 0 Å². The van der Waals surface area contributed by atoms with E-state index in [0.717, 1.165) is 0 Å². The Morgan fingerprint density at radius 1 is 0.831 bits per heavy atom. The van der Waals surface area contributed by atoms with Gasteiger partial charge in [0.2, 0.25) is 11.8 Å². The first-order valence-electron chi connectivity index (χ1n) is 19.1. The number of thioether (sulfide) groups is 2. The molecular weight excluding hydrogens is 836 g/mol. The molecule has 16 heteroatoms. The lowest BCUT2D eigenvalue weighted by Crippen LogP contribution is -2.52. The fraction of sp³-hybridized carbons (Fsp3) is 0.326. The minimum atomic E-state index is -1.51. The molecular formula is C43H38Cl2N4O8S2. The van der Waals surface area contributed by atoms with Gasteiger partial charge in [-0.05, 0) is 71.8 Å². The first-order valence-corrected chi connectivity index (χ1v) is 22.0. The Bertz CT molecular complexity index is 2530. The Hall–Kier alpha value is -4.57. The number of aliphatic hydroxyl groups is 1. The number of methoxy groups -OCH3 is 2. The third-order valence-corrected chi connectivity index (χ3v) is 16.0. The molecule has 59 heavy (non-hydrogen) atoms. The third kappa shape index (κ3) is 5.29. The van der Waals surface area contributed by atoms with Gasteiger partial charge in [-0.15, -0.1) is 23.5 Å². The van der Waals surface area contributed by atoms with Crippen LogP contribution >= 0.6 is 46.7 Å². The highest BCUT2D eigenvalue weighted by atomic mass is 35.5. The number of rotatable bonds is 7. The van der Waals surface area contributed by atoms with Gasteiger partial charge in [0.1, 0.15) is 16.8 Å². The number of carbonyl (C=O) groups is 3. The number of nitrogens with one attached hydrogen (secondary N) is 2. The number of hydrogen-bond donors (Lipinski definition) is 5. The standard InChI is InChI=1S/C43H38Cl2N4O8S2/c1-56-33-10-4-20(13-30(33)51)35-38(43(48-11-12-59-39(35)48)25-16-23(45)6-8-27(25)47-41(43)55)32(53)17-31(52)36-28-18-58-19-49(28)42(24-15-22(44)5-7-26(24)46-40(42)54)37(36)21-3-9-29(50)34(14-21)57-2/h3-10,13-17,28,35-39,50-52H,11-12,18-19H2,1-2H3,(H,46,54)(H,47,55). The molecule has 0 aliphatic carbocycles. The number of benzene rings is 4. The monoisotopic (exact) mass is 872 g/mol. The van der Waals surface area contributed by atoms with Crippen LogP contribution in [0.15, 0.2) is 84.6 Å². The van der Waals surface area contributed by atoms with Gasteiger partial charge in [-0.25, -0.2) is 0 Å². The minimum Gasteiger partial charge on any atom is -0.512 e. The molecule has 6 aliphatic rings. The Morgan fingerprint density at radius 2 is 1.49 bits per heavy atom. The van der Waals surface area contributed by atoms with Crippen LogP contribution in [0, 0.1) is 11.8 Å². The van der Waals surface area contributed by atoms with E-state index >= 15 is 4.79 Å². The highest BCUT2D eigenvalue weighted by molar-refractivity contribution is 8.00. The summed E-state index contributed by atoms with van der Waals surface area (Å²) < 4.78 is 10.9. The van der Waals surface area contributed by atoms with Gasteiger partial charge >= 0.3 is 0 Å². The second kappa shape index (κ2) is 14.0. The van der Waals surface area contributed by atoms with Crippen LogP contribution in [-0.4, -0.2) is 92.3 Å². The molecule has 4 aromatic carbocycles. The lowest BCUT2D eigenvalue weighted by molar-refractivity contribution is -0.134. The van der Waals surface area contributed by atoms with Crippen molar-refractivity contribution < 1.29 is 39.2 Å². The summed E-state index contributed by atoms with van der Waals surface area (Å²) in [5.74, 6) is -2.86. The zero-order valence-corrected chi connectivity index (χ0v) is 34.8. The van der Waals surface area contributed by atoms with Gasteiger partial charge in [0.25, 0.3) is 0 Å². The SMILES string of the molecule is COc1ccc(C2C3SCCN3C3(C(=O)Nc4ccc(Cl)cc43)C2C(=O)C=C(O)C2C3CSCN3C3(C(=O)Nc4ccc(Cl)cc43)C2c2ccc(O)c(OC)c2)cc1O. The molecule has 0 saturated carbocycles. The number of phenolic OH excluding ortho intramolecular Hbond substituents is 2. The van der Waals surface area contributed by atoms with Crippen molar-refractivity contribution in [1.29, 1.82) is 0 Å². The first kappa shape index (κ1) is 38.6. The zero-order chi connectivity index (χ0) is 41.1. The molecule has 10 rings (SSSR count). The number of aromatic hydroxyl groups is 2. The molecule has 4 fully saturated rings. The average Bonchev–Trinajstić information content (AvgIpc) is 4.06. The number of allylic oxidation sites excluding steroid dienone is 1. The van der Waals surface area contributed by atoms with E-state index < -0.39 is 46.6 Å². The molecule has 12 nitrogen and oxygen atoms in total. The average molecular weight is 874 g/mol. The quantitative estimate of drug-likeness (QED) is 0.0957. The third-order valence-electron chi connectivity index (χ3n) is 13.2. The summed E-state index contributed by atoms with van der Waals surface area (Å²) in [6, 6.07) is 19.9.